The fourth-order valence-electron chi connectivity index (χ4n) is 4.58. The summed E-state index contributed by atoms with van der Waals surface area (Å²) in [6.45, 7) is 1.56. The first kappa shape index (κ1) is 24.1. The van der Waals surface area contributed by atoms with Crippen LogP contribution >= 0.6 is 0 Å². The maximum Gasteiger partial charge on any atom is 0.337 e. The fraction of sp³-hybridized carbons (Fsp3) is 0.207. The molecule has 4 aromatic rings. The van der Waals surface area contributed by atoms with Crippen molar-refractivity contribution in [3.8, 4) is 5.88 Å². The number of nitrogens with zero attached hydrogens (tertiary/aromatic N) is 2. The molecule has 8 heteroatoms. The number of H-pyrrole nitrogens is 1. The van der Waals surface area contributed by atoms with Gasteiger partial charge in [-0.3, -0.25) is 0 Å². The minimum Gasteiger partial charge on any atom is -0.494 e. The molecular formula is C29H28N4O4. The minimum absolute atomic E-state index is 0.0509. The molecule has 1 saturated heterocycles. The third kappa shape index (κ3) is 5.18. The summed E-state index contributed by atoms with van der Waals surface area (Å²) in [6, 6.07) is 21.9. The number of piperidine rings is 1. The first-order chi connectivity index (χ1) is 18.0. The summed E-state index contributed by atoms with van der Waals surface area (Å²) in [5.74, 6) is -0.507. The van der Waals surface area contributed by atoms with Gasteiger partial charge in [0.15, 0.2) is 5.88 Å². The molecule has 5 rings (SSSR count). The molecular weight excluding hydrogens is 468 g/mol. The molecule has 0 saturated carbocycles. The van der Waals surface area contributed by atoms with E-state index in [0.29, 0.717) is 33.7 Å². The number of anilines is 1. The summed E-state index contributed by atoms with van der Waals surface area (Å²) in [5.41, 5.74) is 4.24. The zero-order chi connectivity index (χ0) is 25.8. The van der Waals surface area contributed by atoms with Gasteiger partial charge in [-0.15, -0.1) is 0 Å². The Kier molecular flexibility index (Phi) is 6.89. The number of carbonyl (C=O) groups is 2. The summed E-state index contributed by atoms with van der Waals surface area (Å²) in [5, 5.41) is 14.6. The van der Waals surface area contributed by atoms with Gasteiger partial charge in [0.25, 0.3) is 0 Å². The lowest BCUT2D eigenvalue weighted by molar-refractivity contribution is 0.0601. The molecule has 188 valence electrons. The number of methoxy groups -OCH3 is 1. The maximum absolute atomic E-state index is 12.5. The van der Waals surface area contributed by atoms with Gasteiger partial charge in [0.2, 0.25) is 0 Å². The van der Waals surface area contributed by atoms with Crippen LogP contribution in [0.5, 0.6) is 5.88 Å². The first-order valence-electron chi connectivity index (χ1n) is 12.3. The molecule has 2 amide bonds. The van der Waals surface area contributed by atoms with Crippen LogP contribution in [0.25, 0.3) is 10.9 Å². The molecule has 0 bridgehead atoms. The molecule has 0 atom stereocenters. The monoisotopic (exact) mass is 496 g/mol. The van der Waals surface area contributed by atoms with Crippen molar-refractivity contribution >= 4 is 40.0 Å². The molecule has 1 fully saturated rings. The molecule has 2 heterocycles. The number of nitrogens with one attached hydrogen (secondary N) is 2. The molecule has 0 unspecified atom stereocenters. The van der Waals surface area contributed by atoms with Crippen LogP contribution in [0, 0.1) is 0 Å². The number of aromatic nitrogens is 1. The topological polar surface area (TPSA) is 107 Å². The van der Waals surface area contributed by atoms with Crippen molar-refractivity contribution in [3.05, 3.63) is 89.5 Å². The van der Waals surface area contributed by atoms with E-state index in [-0.39, 0.29) is 11.9 Å². The average Bonchev–Trinajstić information content (AvgIpc) is 3.27. The van der Waals surface area contributed by atoms with Gasteiger partial charge >= 0.3 is 12.0 Å². The van der Waals surface area contributed by atoms with Crippen LogP contribution in [0.2, 0.25) is 0 Å². The lowest BCUT2D eigenvalue weighted by Crippen LogP contribution is -2.38. The standard InChI is InChI=1S/C29H28N4O4/c1-37-28(35)20-10-15-23-24(18-20)32-27(34)25(23)26(19-8-4-2-5-9-19)30-21-11-13-22(14-12-21)31-29(36)33-16-6-3-7-17-33/h2,4-5,8-15,18,32,34H,3,6-7,16-17H2,1H3,(H,31,36). The number of urea groups is 1. The largest absolute Gasteiger partial charge is 0.494 e. The van der Waals surface area contributed by atoms with Crippen LogP contribution in [0.1, 0.15) is 40.7 Å². The number of ether oxygens (including phenoxy) is 1. The van der Waals surface area contributed by atoms with Gasteiger partial charge < -0.3 is 25.0 Å². The quantitative estimate of drug-likeness (QED) is 0.238. The molecule has 3 N–H and O–H groups in total. The highest BCUT2D eigenvalue weighted by Gasteiger charge is 2.20. The second-order valence-corrected chi connectivity index (χ2v) is 8.95. The molecule has 8 nitrogen and oxygen atoms in total. The Morgan fingerprint density at radius 3 is 2.38 bits per heavy atom. The van der Waals surface area contributed by atoms with Crippen molar-refractivity contribution in [2.24, 2.45) is 4.99 Å². The van der Waals surface area contributed by atoms with Crippen molar-refractivity contribution in [2.75, 3.05) is 25.5 Å². The summed E-state index contributed by atoms with van der Waals surface area (Å²) in [4.78, 5) is 34.2. The molecule has 0 radical (unpaired) electrons. The number of hydrogen-bond donors (Lipinski definition) is 3. The summed E-state index contributed by atoms with van der Waals surface area (Å²) in [7, 11) is 1.33. The number of hydrogen-bond acceptors (Lipinski definition) is 5. The Bertz CT molecular complexity index is 1450. The number of carbonyl (C=O) groups excluding carboxylic acids is 2. The van der Waals surface area contributed by atoms with Crippen LogP contribution in [0.15, 0.2) is 77.8 Å². The smallest absolute Gasteiger partial charge is 0.337 e. The SMILES string of the molecule is COC(=O)c1ccc2c(C(=Nc3ccc(NC(=O)N4CCCCC4)cc3)c3ccccc3)c(O)[nH]c2c1. The normalized spacial score (nSPS) is 14.0. The van der Waals surface area contributed by atoms with Crippen LogP contribution in [-0.4, -0.2) is 52.9 Å². The Morgan fingerprint density at radius 1 is 0.946 bits per heavy atom. The Morgan fingerprint density at radius 2 is 1.68 bits per heavy atom. The number of likely N-dealkylation sites (tertiary alicyclic amines) is 1. The van der Waals surface area contributed by atoms with E-state index < -0.39 is 5.97 Å². The second-order valence-electron chi connectivity index (χ2n) is 8.95. The van der Waals surface area contributed by atoms with E-state index in [0.717, 1.165) is 36.9 Å². The van der Waals surface area contributed by atoms with Crippen molar-refractivity contribution in [1.82, 2.24) is 9.88 Å². The molecule has 1 aliphatic rings. The fourth-order valence-corrected chi connectivity index (χ4v) is 4.58. The number of aliphatic imine (C=N–C) groups is 1. The average molecular weight is 497 g/mol. The highest BCUT2D eigenvalue weighted by atomic mass is 16.5. The number of aromatic hydroxyl groups is 1. The van der Waals surface area contributed by atoms with Crippen molar-refractivity contribution in [3.63, 3.8) is 0 Å². The number of esters is 1. The van der Waals surface area contributed by atoms with Crippen LogP contribution in [0.3, 0.4) is 0 Å². The lowest BCUT2D eigenvalue weighted by atomic mass is 10.00. The zero-order valence-corrected chi connectivity index (χ0v) is 20.5. The van der Waals surface area contributed by atoms with Crippen LogP contribution in [0.4, 0.5) is 16.2 Å². The summed E-state index contributed by atoms with van der Waals surface area (Å²) in [6.07, 6.45) is 3.24. The van der Waals surface area contributed by atoms with E-state index in [1.807, 2.05) is 59.5 Å². The van der Waals surface area contributed by atoms with Gasteiger partial charge in [-0.1, -0.05) is 36.4 Å². The number of amides is 2. The van der Waals surface area contributed by atoms with Gasteiger partial charge in [0.05, 0.1) is 29.6 Å². The van der Waals surface area contributed by atoms with Gasteiger partial charge in [-0.05, 0) is 55.7 Å². The lowest BCUT2D eigenvalue weighted by Gasteiger charge is -2.26. The van der Waals surface area contributed by atoms with Crippen molar-refractivity contribution in [2.45, 2.75) is 19.3 Å². The Labute approximate surface area is 214 Å². The number of rotatable bonds is 5. The van der Waals surface area contributed by atoms with Crippen molar-refractivity contribution < 1.29 is 19.4 Å². The Hall–Kier alpha value is -4.59. The van der Waals surface area contributed by atoms with Gasteiger partial charge in [0.1, 0.15) is 0 Å². The molecule has 0 spiro atoms. The third-order valence-corrected chi connectivity index (χ3v) is 6.49. The third-order valence-electron chi connectivity index (χ3n) is 6.49. The zero-order valence-electron chi connectivity index (χ0n) is 20.5. The molecule has 37 heavy (non-hydrogen) atoms. The number of benzene rings is 3. The summed E-state index contributed by atoms with van der Waals surface area (Å²) < 4.78 is 4.82. The number of fused-ring (bicyclic) bond motifs is 1. The minimum atomic E-state index is -0.457. The van der Waals surface area contributed by atoms with Crippen LogP contribution < -0.4 is 5.32 Å². The number of aromatic amines is 1. The van der Waals surface area contributed by atoms with Crippen LogP contribution in [-0.2, 0) is 4.74 Å². The summed E-state index contributed by atoms with van der Waals surface area (Å²) >= 11 is 0. The predicted molar refractivity (Wildman–Crippen MR) is 144 cm³/mol. The molecule has 1 aliphatic heterocycles. The van der Waals surface area contributed by atoms with E-state index in [2.05, 4.69) is 10.3 Å². The first-order valence-corrected chi connectivity index (χ1v) is 12.3. The van der Waals surface area contributed by atoms with E-state index in [1.54, 1.807) is 18.2 Å². The second kappa shape index (κ2) is 10.6. The van der Waals surface area contributed by atoms with E-state index in [9.17, 15) is 14.7 Å². The highest BCUT2D eigenvalue weighted by molar-refractivity contribution is 6.22. The molecule has 0 aliphatic carbocycles. The van der Waals surface area contributed by atoms with E-state index in [4.69, 9.17) is 9.73 Å². The van der Waals surface area contributed by atoms with Gasteiger partial charge in [0, 0.05) is 35.2 Å². The van der Waals surface area contributed by atoms with E-state index >= 15 is 0 Å². The highest BCUT2D eigenvalue weighted by Crippen LogP contribution is 2.32. The molecule has 1 aromatic heterocycles. The maximum atomic E-state index is 12.5. The van der Waals surface area contributed by atoms with Gasteiger partial charge in [-0.2, -0.15) is 0 Å². The van der Waals surface area contributed by atoms with Crippen molar-refractivity contribution in [1.29, 1.82) is 0 Å². The van der Waals surface area contributed by atoms with Gasteiger partial charge in [-0.25, -0.2) is 14.6 Å². The van der Waals surface area contributed by atoms with E-state index in [1.165, 1.54) is 13.5 Å². The Balaban J connectivity index is 1.49. The predicted octanol–water partition coefficient (Wildman–Crippen LogP) is 5.85. The molecule has 3 aromatic carbocycles.